The minimum atomic E-state index is -0.570. The number of amides is 2. The third-order valence-electron chi connectivity index (χ3n) is 5.89. The summed E-state index contributed by atoms with van der Waals surface area (Å²) in [6.45, 7) is 5.24. The van der Waals surface area contributed by atoms with E-state index in [1.807, 2.05) is 18.4 Å². The number of benzene rings is 1. The van der Waals surface area contributed by atoms with Crippen molar-refractivity contribution in [2.75, 3.05) is 18.0 Å². The molecule has 1 fully saturated rings. The van der Waals surface area contributed by atoms with Crippen LogP contribution in [-0.2, 0) is 11.3 Å². The summed E-state index contributed by atoms with van der Waals surface area (Å²) in [6, 6.07) is 3.61. The number of imidazole rings is 1. The van der Waals surface area contributed by atoms with Gasteiger partial charge in [-0.15, -0.1) is 0 Å². The molecule has 8 nitrogen and oxygen atoms in total. The number of nitrogens with zero attached hydrogens (tertiary/aromatic N) is 6. The van der Waals surface area contributed by atoms with E-state index in [-0.39, 0.29) is 22.9 Å². The molecule has 1 aromatic carbocycles. The molecule has 166 valence electrons. The van der Waals surface area contributed by atoms with Crippen molar-refractivity contribution >= 4 is 40.8 Å². The standard InChI is InChI=1S/C21H20ClFN6O2S/c1-11-17-18(28-7-3-4-16(28)30)25-19(20-24-12(2)26-32-20)29(17)9-8-27(11)21(31)13-5-6-15(23)14(22)10-13/h5-6,10-11H,3-4,7-9H2,1-2H3. The molecule has 2 aliphatic heterocycles. The summed E-state index contributed by atoms with van der Waals surface area (Å²) in [6.07, 6.45) is 1.24. The average molecular weight is 475 g/mol. The Balaban J connectivity index is 1.58. The lowest BCUT2D eigenvalue weighted by Crippen LogP contribution is -2.42. The first-order valence-electron chi connectivity index (χ1n) is 10.3. The number of hydrogen-bond donors (Lipinski definition) is 0. The number of rotatable bonds is 3. The minimum Gasteiger partial charge on any atom is -0.328 e. The van der Waals surface area contributed by atoms with Crippen molar-refractivity contribution in [3.63, 3.8) is 0 Å². The first-order chi connectivity index (χ1) is 15.3. The van der Waals surface area contributed by atoms with E-state index >= 15 is 0 Å². The molecule has 0 radical (unpaired) electrons. The van der Waals surface area contributed by atoms with Crippen molar-refractivity contribution in [1.29, 1.82) is 0 Å². The molecule has 0 bridgehead atoms. The number of carbonyl (C=O) groups excluding carboxylic acids is 2. The monoisotopic (exact) mass is 474 g/mol. The Morgan fingerprint density at radius 2 is 2.06 bits per heavy atom. The van der Waals surface area contributed by atoms with Gasteiger partial charge in [0.25, 0.3) is 5.91 Å². The first-order valence-corrected chi connectivity index (χ1v) is 11.5. The van der Waals surface area contributed by atoms with Crippen LogP contribution in [0.5, 0.6) is 0 Å². The van der Waals surface area contributed by atoms with Crippen LogP contribution in [0.15, 0.2) is 18.2 Å². The van der Waals surface area contributed by atoms with Crippen molar-refractivity contribution < 1.29 is 14.0 Å². The normalized spacial score (nSPS) is 18.4. The summed E-state index contributed by atoms with van der Waals surface area (Å²) in [5.74, 6) is 1.09. The number of halogens is 2. The molecule has 0 saturated carbocycles. The van der Waals surface area contributed by atoms with Gasteiger partial charge in [0.15, 0.2) is 16.6 Å². The molecular weight excluding hydrogens is 455 g/mol. The molecule has 11 heteroatoms. The SMILES string of the molecule is Cc1nsc(-c2nc(N3CCCC3=O)c3n2CCN(C(=O)c2ccc(F)c(Cl)c2)C3C)n1. The lowest BCUT2D eigenvalue weighted by atomic mass is 10.1. The smallest absolute Gasteiger partial charge is 0.254 e. The highest BCUT2D eigenvalue weighted by Gasteiger charge is 2.38. The number of carbonyl (C=O) groups is 2. The molecular formula is C21H20ClFN6O2S. The maximum Gasteiger partial charge on any atom is 0.254 e. The fourth-order valence-corrected chi connectivity index (χ4v) is 5.19. The molecule has 2 aromatic heterocycles. The van der Waals surface area contributed by atoms with Crippen molar-refractivity contribution in [3.8, 4) is 10.8 Å². The zero-order chi connectivity index (χ0) is 22.6. The van der Waals surface area contributed by atoms with Crippen LogP contribution in [-0.4, -0.2) is 48.7 Å². The van der Waals surface area contributed by atoms with Gasteiger partial charge in [-0.1, -0.05) is 11.6 Å². The van der Waals surface area contributed by atoms with E-state index in [4.69, 9.17) is 16.6 Å². The van der Waals surface area contributed by atoms with Crippen LogP contribution in [0, 0.1) is 12.7 Å². The summed E-state index contributed by atoms with van der Waals surface area (Å²) in [5, 5.41) is 0.585. The zero-order valence-electron chi connectivity index (χ0n) is 17.5. The molecule has 2 amide bonds. The summed E-state index contributed by atoms with van der Waals surface area (Å²) in [7, 11) is 0. The summed E-state index contributed by atoms with van der Waals surface area (Å²) >= 11 is 7.16. The van der Waals surface area contributed by atoms with E-state index in [0.29, 0.717) is 54.1 Å². The molecule has 5 rings (SSSR count). The van der Waals surface area contributed by atoms with Crippen LogP contribution >= 0.6 is 23.1 Å². The van der Waals surface area contributed by atoms with Gasteiger partial charge in [-0.25, -0.2) is 14.4 Å². The largest absolute Gasteiger partial charge is 0.328 e. The van der Waals surface area contributed by atoms with E-state index < -0.39 is 5.82 Å². The van der Waals surface area contributed by atoms with Gasteiger partial charge in [-0.05, 0) is 50.0 Å². The molecule has 1 saturated heterocycles. The topological polar surface area (TPSA) is 84.2 Å². The van der Waals surface area contributed by atoms with Crippen LogP contribution in [0.2, 0.25) is 5.02 Å². The maximum absolute atomic E-state index is 13.6. The highest BCUT2D eigenvalue weighted by molar-refractivity contribution is 7.09. The second kappa shape index (κ2) is 7.93. The van der Waals surface area contributed by atoms with Crippen LogP contribution < -0.4 is 4.90 Å². The van der Waals surface area contributed by atoms with Crippen LogP contribution in [0.4, 0.5) is 10.2 Å². The van der Waals surface area contributed by atoms with E-state index in [1.54, 1.807) is 9.80 Å². The Bertz CT molecular complexity index is 1240. The van der Waals surface area contributed by atoms with E-state index in [9.17, 15) is 14.0 Å². The Kier molecular flexibility index (Phi) is 5.21. The van der Waals surface area contributed by atoms with Gasteiger partial charge < -0.3 is 9.47 Å². The fourth-order valence-electron chi connectivity index (χ4n) is 4.33. The van der Waals surface area contributed by atoms with Crippen LogP contribution in [0.25, 0.3) is 10.8 Å². The predicted molar refractivity (Wildman–Crippen MR) is 118 cm³/mol. The average Bonchev–Trinajstić information content (AvgIpc) is 3.48. The molecule has 4 heterocycles. The number of anilines is 1. The lowest BCUT2D eigenvalue weighted by Gasteiger charge is -2.36. The highest BCUT2D eigenvalue weighted by Crippen LogP contribution is 2.39. The Morgan fingerprint density at radius 3 is 2.72 bits per heavy atom. The molecule has 2 aliphatic rings. The van der Waals surface area contributed by atoms with Gasteiger partial charge in [0, 0.05) is 31.6 Å². The second-order valence-electron chi connectivity index (χ2n) is 7.89. The number of aromatic nitrogens is 4. The van der Waals surface area contributed by atoms with Gasteiger partial charge >= 0.3 is 0 Å². The zero-order valence-corrected chi connectivity index (χ0v) is 19.1. The quantitative estimate of drug-likeness (QED) is 0.575. The van der Waals surface area contributed by atoms with E-state index in [1.165, 1.54) is 29.7 Å². The summed E-state index contributed by atoms with van der Waals surface area (Å²) in [5.41, 5.74) is 1.10. The van der Waals surface area contributed by atoms with Crippen molar-refractivity contribution in [3.05, 3.63) is 46.1 Å². The van der Waals surface area contributed by atoms with Crippen LogP contribution in [0.3, 0.4) is 0 Å². The Labute approximate surface area is 192 Å². The maximum atomic E-state index is 13.6. The third-order valence-corrected chi connectivity index (χ3v) is 6.98. The fraction of sp³-hybridized carbons (Fsp3) is 0.381. The number of aryl methyl sites for hydroxylation is 1. The molecule has 0 aliphatic carbocycles. The number of fused-ring (bicyclic) bond motifs is 1. The molecule has 32 heavy (non-hydrogen) atoms. The van der Waals surface area contributed by atoms with Gasteiger partial charge in [0.1, 0.15) is 11.6 Å². The molecule has 3 aromatic rings. The molecule has 1 unspecified atom stereocenters. The summed E-state index contributed by atoms with van der Waals surface area (Å²) in [4.78, 5) is 38.5. The Morgan fingerprint density at radius 1 is 1.25 bits per heavy atom. The predicted octanol–water partition coefficient (Wildman–Crippen LogP) is 3.85. The molecule has 1 atom stereocenters. The summed E-state index contributed by atoms with van der Waals surface area (Å²) < 4.78 is 19.9. The first kappa shape index (κ1) is 21.0. The minimum absolute atomic E-state index is 0.0202. The lowest BCUT2D eigenvalue weighted by molar-refractivity contribution is -0.117. The van der Waals surface area contributed by atoms with E-state index in [0.717, 1.165) is 12.1 Å². The third kappa shape index (κ3) is 3.38. The van der Waals surface area contributed by atoms with Gasteiger partial charge in [-0.3, -0.25) is 14.5 Å². The van der Waals surface area contributed by atoms with Gasteiger partial charge in [0.2, 0.25) is 5.91 Å². The Hall–Kier alpha value is -2.85. The van der Waals surface area contributed by atoms with Crippen LogP contribution in [0.1, 0.15) is 47.7 Å². The van der Waals surface area contributed by atoms with Crippen molar-refractivity contribution in [1.82, 2.24) is 23.8 Å². The number of hydrogen-bond acceptors (Lipinski definition) is 6. The second-order valence-corrected chi connectivity index (χ2v) is 9.05. The van der Waals surface area contributed by atoms with Crippen molar-refractivity contribution in [2.24, 2.45) is 0 Å². The van der Waals surface area contributed by atoms with Crippen molar-refractivity contribution in [2.45, 2.75) is 39.3 Å². The molecule has 0 spiro atoms. The highest BCUT2D eigenvalue weighted by atomic mass is 35.5. The molecule has 0 N–H and O–H groups in total. The van der Waals surface area contributed by atoms with Gasteiger partial charge in [0.05, 0.1) is 16.8 Å². The van der Waals surface area contributed by atoms with Gasteiger partial charge in [-0.2, -0.15) is 4.37 Å². The van der Waals surface area contributed by atoms with E-state index in [2.05, 4.69) is 9.36 Å².